The van der Waals surface area contributed by atoms with Gasteiger partial charge in [0.15, 0.2) is 6.23 Å². The third-order valence-corrected chi connectivity index (χ3v) is 8.33. The molecule has 12 heteroatoms. The molecule has 1 aliphatic rings. The standard InChI is InChI=1S/C29H43N2O9P/c1-20(2)39-41(34,40-21(3)4)16-13-25-23(6)26(37-15-14-35-7)28(38-25)30-17-22(5)27(32)31(29(30)33)19-36-18-24-11-9-8-10-12-24/h8-13,16-17,20-21,23,25-26,28H,14-15,18-19H2,1-7H3/b16-13+/t23-,25-,26-,28-/m1/s1. The highest BCUT2D eigenvalue weighted by molar-refractivity contribution is 7.57. The zero-order valence-corrected chi connectivity index (χ0v) is 25.8. The van der Waals surface area contributed by atoms with Crippen LogP contribution in [0, 0.1) is 12.8 Å². The zero-order valence-electron chi connectivity index (χ0n) is 24.9. The van der Waals surface area contributed by atoms with Gasteiger partial charge < -0.3 is 28.0 Å². The first kappa shape index (κ1) is 33.1. The molecule has 228 valence electrons. The first-order valence-electron chi connectivity index (χ1n) is 13.8. The van der Waals surface area contributed by atoms with Crippen LogP contribution in [0.25, 0.3) is 0 Å². The lowest BCUT2D eigenvalue weighted by Crippen LogP contribution is -2.44. The SMILES string of the molecule is COCCO[C@@H]1[C@H](C)[C@@H](/C=C/P(=O)(OC(C)C)OC(C)C)O[C@H]1n1cc(C)c(=O)n(COCc2ccccc2)c1=O. The Kier molecular flexibility index (Phi) is 12.3. The molecule has 0 spiro atoms. The normalized spacial score (nSPS) is 21.5. The summed E-state index contributed by atoms with van der Waals surface area (Å²) in [7, 11) is -2.00. The van der Waals surface area contributed by atoms with Crippen LogP contribution in [0.3, 0.4) is 0 Å². The highest BCUT2D eigenvalue weighted by atomic mass is 31.2. The quantitative estimate of drug-likeness (QED) is 0.215. The van der Waals surface area contributed by atoms with Crippen molar-refractivity contribution in [2.75, 3.05) is 20.3 Å². The van der Waals surface area contributed by atoms with Gasteiger partial charge in [0.1, 0.15) is 12.8 Å². The summed E-state index contributed by atoms with van der Waals surface area (Å²) in [5.41, 5.74) is 0.228. The molecule has 0 radical (unpaired) electrons. The van der Waals surface area contributed by atoms with Crippen molar-refractivity contribution in [2.45, 2.75) is 85.5 Å². The van der Waals surface area contributed by atoms with Gasteiger partial charge in [0.05, 0.1) is 38.1 Å². The van der Waals surface area contributed by atoms with Crippen LogP contribution in [-0.2, 0) is 45.9 Å². The van der Waals surface area contributed by atoms with E-state index in [0.29, 0.717) is 12.2 Å². The van der Waals surface area contributed by atoms with Gasteiger partial charge in [-0.15, -0.1) is 0 Å². The summed E-state index contributed by atoms with van der Waals surface area (Å²) < 4.78 is 50.4. The lowest BCUT2D eigenvalue weighted by Gasteiger charge is -2.24. The second kappa shape index (κ2) is 15.2. The number of hydrogen-bond acceptors (Lipinski definition) is 9. The van der Waals surface area contributed by atoms with Crippen molar-refractivity contribution in [2.24, 2.45) is 5.92 Å². The number of aromatic nitrogens is 2. The maximum Gasteiger partial charge on any atom is 0.354 e. The Bertz CT molecular complexity index is 1290. The maximum atomic E-state index is 13.6. The van der Waals surface area contributed by atoms with Gasteiger partial charge >= 0.3 is 13.3 Å². The lowest BCUT2D eigenvalue weighted by molar-refractivity contribution is -0.0713. The summed E-state index contributed by atoms with van der Waals surface area (Å²) in [6.45, 7) is 11.3. The fraction of sp³-hybridized carbons (Fsp3) is 0.586. The van der Waals surface area contributed by atoms with Gasteiger partial charge in [-0.3, -0.25) is 13.9 Å². The van der Waals surface area contributed by atoms with Crippen molar-refractivity contribution in [3.8, 4) is 0 Å². The number of ether oxygens (including phenoxy) is 4. The van der Waals surface area contributed by atoms with Crippen molar-refractivity contribution in [1.82, 2.24) is 9.13 Å². The van der Waals surface area contributed by atoms with Gasteiger partial charge in [-0.2, -0.15) is 0 Å². The van der Waals surface area contributed by atoms with Gasteiger partial charge in [0.2, 0.25) is 0 Å². The molecule has 1 fully saturated rings. The molecule has 0 aliphatic carbocycles. The smallest absolute Gasteiger partial charge is 0.354 e. The Balaban J connectivity index is 1.92. The second-order valence-electron chi connectivity index (χ2n) is 10.6. The van der Waals surface area contributed by atoms with Crippen LogP contribution in [0.1, 0.15) is 52.0 Å². The van der Waals surface area contributed by atoms with Crippen LogP contribution >= 0.6 is 7.60 Å². The molecular formula is C29H43N2O9P. The van der Waals surface area contributed by atoms with E-state index in [1.54, 1.807) is 47.8 Å². The fourth-order valence-corrected chi connectivity index (χ4v) is 6.26. The van der Waals surface area contributed by atoms with Crippen LogP contribution in [0.2, 0.25) is 0 Å². The topological polar surface area (TPSA) is 116 Å². The van der Waals surface area contributed by atoms with E-state index in [2.05, 4.69) is 0 Å². The number of methoxy groups -OCH3 is 1. The van der Waals surface area contributed by atoms with Crippen LogP contribution in [0.15, 0.2) is 58.0 Å². The molecule has 3 rings (SSSR count). The summed E-state index contributed by atoms with van der Waals surface area (Å²) in [5, 5.41) is 0. The summed E-state index contributed by atoms with van der Waals surface area (Å²) >= 11 is 0. The Morgan fingerprint density at radius 2 is 1.71 bits per heavy atom. The minimum atomic E-state index is -3.57. The fourth-order valence-electron chi connectivity index (χ4n) is 4.51. The molecule has 1 aromatic carbocycles. The highest BCUT2D eigenvalue weighted by Crippen LogP contribution is 2.52. The van der Waals surface area contributed by atoms with Crippen LogP contribution in [0.5, 0.6) is 0 Å². The predicted molar refractivity (Wildman–Crippen MR) is 155 cm³/mol. The monoisotopic (exact) mass is 594 g/mol. The van der Waals surface area contributed by atoms with Crippen molar-refractivity contribution in [3.63, 3.8) is 0 Å². The molecule has 1 saturated heterocycles. The van der Waals surface area contributed by atoms with E-state index >= 15 is 0 Å². The summed E-state index contributed by atoms with van der Waals surface area (Å²) in [4.78, 5) is 26.5. The molecule has 2 heterocycles. The predicted octanol–water partition coefficient (Wildman–Crippen LogP) is 4.61. The summed E-state index contributed by atoms with van der Waals surface area (Å²) in [5.74, 6) is 1.15. The first-order chi connectivity index (χ1) is 19.5. The van der Waals surface area contributed by atoms with Crippen LogP contribution in [-0.4, -0.2) is 53.9 Å². The summed E-state index contributed by atoms with van der Waals surface area (Å²) in [6.07, 6.45) is 0.425. The summed E-state index contributed by atoms with van der Waals surface area (Å²) in [6, 6.07) is 9.48. The molecule has 41 heavy (non-hydrogen) atoms. The van der Waals surface area contributed by atoms with E-state index in [0.717, 1.165) is 10.1 Å². The van der Waals surface area contributed by atoms with E-state index < -0.39 is 37.3 Å². The highest BCUT2D eigenvalue weighted by Gasteiger charge is 2.44. The molecule has 0 amide bonds. The number of nitrogens with zero attached hydrogens (tertiary/aromatic N) is 2. The average Bonchev–Trinajstić information content (AvgIpc) is 3.21. The molecule has 0 saturated carbocycles. The minimum absolute atomic E-state index is 0.225. The van der Waals surface area contributed by atoms with Gasteiger partial charge in [-0.05, 0) is 46.3 Å². The van der Waals surface area contributed by atoms with E-state index in [4.69, 9.17) is 28.0 Å². The number of hydrogen-bond donors (Lipinski definition) is 0. The molecule has 0 unspecified atom stereocenters. The van der Waals surface area contributed by atoms with Gasteiger partial charge in [0.25, 0.3) is 5.56 Å². The van der Waals surface area contributed by atoms with Crippen LogP contribution in [0.4, 0.5) is 0 Å². The minimum Gasteiger partial charge on any atom is -0.382 e. The molecule has 1 aromatic heterocycles. The second-order valence-corrected chi connectivity index (χ2v) is 12.4. The van der Waals surface area contributed by atoms with Gasteiger partial charge in [0, 0.05) is 30.6 Å². The van der Waals surface area contributed by atoms with Gasteiger partial charge in [-0.1, -0.05) is 37.3 Å². The third-order valence-electron chi connectivity index (χ3n) is 6.36. The van der Waals surface area contributed by atoms with E-state index in [1.807, 2.05) is 37.3 Å². The largest absolute Gasteiger partial charge is 0.382 e. The maximum absolute atomic E-state index is 13.6. The molecule has 11 nitrogen and oxygen atoms in total. The van der Waals surface area contributed by atoms with Crippen molar-refractivity contribution < 1.29 is 32.6 Å². The van der Waals surface area contributed by atoms with Crippen molar-refractivity contribution in [1.29, 1.82) is 0 Å². The first-order valence-corrected chi connectivity index (χ1v) is 15.4. The Hall–Kier alpha value is -2.37. The lowest BCUT2D eigenvalue weighted by atomic mass is 10.0. The Labute approximate surface area is 241 Å². The molecule has 0 bridgehead atoms. The molecule has 4 atom stereocenters. The molecule has 1 aliphatic heterocycles. The van der Waals surface area contributed by atoms with Crippen molar-refractivity contribution in [3.05, 3.63) is 80.4 Å². The third kappa shape index (κ3) is 9.06. The molecule has 0 N–H and O–H groups in total. The average molecular weight is 595 g/mol. The zero-order chi connectivity index (χ0) is 30.2. The number of aryl methyl sites for hydroxylation is 1. The van der Waals surface area contributed by atoms with E-state index in [1.165, 1.54) is 16.6 Å². The van der Waals surface area contributed by atoms with E-state index in [9.17, 15) is 14.2 Å². The van der Waals surface area contributed by atoms with Crippen LogP contribution < -0.4 is 11.2 Å². The van der Waals surface area contributed by atoms with Crippen molar-refractivity contribution >= 4 is 7.60 Å². The number of rotatable bonds is 15. The van der Waals surface area contributed by atoms with Gasteiger partial charge in [-0.25, -0.2) is 9.36 Å². The molecular weight excluding hydrogens is 551 g/mol. The number of benzene rings is 1. The van der Waals surface area contributed by atoms with E-state index in [-0.39, 0.29) is 38.1 Å². The Morgan fingerprint density at radius 3 is 2.32 bits per heavy atom. The molecule has 2 aromatic rings. The Morgan fingerprint density at radius 1 is 1.05 bits per heavy atom.